The highest BCUT2D eigenvalue weighted by Crippen LogP contribution is 2.01. The molecule has 0 N–H and O–H groups in total. The van der Waals surface area contributed by atoms with Gasteiger partial charge in [-0.1, -0.05) is 6.92 Å². The van der Waals surface area contributed by atoms with Crippen molar-refractivity contribution < 1.29 is 14.3 Å². The molecule has 4 nitrogen and oxygen atoms in total. The molecule has 0 aromatic heterocycles. The lowest BCUT2D eigenvalue weighted by Crippen LogP contribution is -2.32. The van der Waals surface area contributed by atoms with Crippen LogP contribution < -0.4 is 0 Å². The minimum atomic E-state index is -0.256. The average Bonchev–Trinajstić information content (AvgIpc) is 2.04. The van der Waals surface area contributed by atoms with Gasteiger partial charge >= 0.3 is 5.97 Å². The zero-order valence-corrected chi connectivity index (χ0v) is 8.66. The Balaban J connectivity index is 3.92. The van der Waals surface area contributed by atoms with Gasteiger partial charge in [0.15, 0.2) is 0 Å². The van der Waals surface area contributed by atoms with E-state index in [-0.39, 0.29) is 17.8 Å². The van der Waals surface area contributed by atoms with Crippen LogP contribution in [0.2, 0.25) is 0 Å². The normalized spacial score (nSPS) is 12.0. The van der Waals surface area contributed by atoms with Crippen LogP contribution in [-0.2, 0) is 14.3 Å². The van der Waals surface area contributed by atoms with Crippen LogP contribution in [0.25, 0.3) is 0 Å². The highest BCUT2D eigenvalue weighted by molar-refractivity contribution is 5.75. The number of carbonyl (C=O) groups excluding carboxylic acids is 2. The second-order valence-corrected chi connectivity index (χ2v) is 3.05. The van der Waals surface area contributed by atoms with Crippen molar-refractivity contribution in [2.45, 2.75) is 20.8 Å². The largest absolute Gasteiger partial charge is 0.466 e. The van der Waals surface area contributed by atoms with Gasteiger partial charge in [-0.2, -0.15) is 0 Å². The van der Waals surface area contributed by atoms with E-state index < -0.39 is 0 Å². The predicted octanol–water partition coefficient (Wildman–Crippen LogP) is 0.664. The van der Waals surface area contributed by atoms with E-state index in [9.17, 15) is 9.59 Å². The van der Waals surface area contributed by atoms with Crippen LogP contribution in [-0.4, -0.2) is 37.0 Å². The Morgan fingerprint density at radius 2 is 2.00 bits per heavy atom. The van der Waals surface area contributed by atoms with Crippen LogP contribution in [0, 0.1) is 5.92 Å². The maximum Gasteiger partial charge on any atom is 0.310 e. The summed E-state index contributed by atoms with van der Waals surface area (Å²) in [5.74, 6) is -0.555. The van der Waals surface area contributed by atoms with Gasteiger partial charge in [0.05, 0.1) is 12.5 Å². The first-order chi connectivity index (χ1) is 5.99. The third-order valence-corrected chi connectivity index (χ3v) is 1.77. The molecule has 76 valence electrons. The first kappa shape index (κ1) is 11.9. The highest BCUT2D eigenvalue weighted by atomic mass is 16.5. The van der Waals surface area contributed by atoms with E-state index in [1.165, 1.54) is 11.8 Å². The van der Waals surface area contributed by atoms with Crippen molar-refractivity contribution in [1.29, 1.82) is 0 Å². The molecule has 0 bridgehead atoms. The fourth-order valence-electron chi connectivity index (χ4n) is 0.898. The maximum absolute atomic E-state index is 11.1. The molecule has 0 aliphatic carbocycles. The molecule has 0 aliphatic rings. The highest BCUT2D eigenvalue weighted by Gasteiger charge is 2.16. The number of amides is 1. The van der Waals surface area contributed by atoms with E-state index in [0.29, 0.717) is 13.2 Å². The molecule has 0 aromatic rings. The lowest BCUT2D eigenvalue weighted by molar-refractivity contribution is -0.148. The minimum Gasteiger partial charge on any atom is -0.466 e. The second-order valence-electron chi connectivity index (χ2n) is 3.05. The lowest BCUT2D eigenvalue weighted by Gasteiger charge is -2.18. The number of hydrogen-bond acceptors (Lipinski definition) is 3. The summed E-state index contributed by atoms with van der Waals surface area (Å²) in [6, 6.07) is 0. The fraction of sp³-hybridized carbons (Fsp3) is 0.778. The predicted molar refractivity (Wildman–Crippen MR) is 49.1 cm³/mol. The minimum absolute atomic E-state index is 0.0452. The zero-order chi connectivity index (χ0) is 10.4. The van der Waals surface area contributed by atoms with E-state index in [1.54, 1.807) is 20.9 Å². The summed E-state index contributed by atoms with van der Waals surface area (Å²) in [6.45, 7) is 5.77. The van der Waals surface area contributed by atoms with Crippen LogP contribution in [0.1, 0.15) is 20.8 Å². The Hall–Kier alpha value is -1.06. The molecule has 1 amide bonds. The van der Waals surface area contributed by atoms with Gasteiger partial charge in [0.1, 0.15) is 0 Å². The maximum atomic E-state index is 11.1. The smallest absolute Gasteiger partial charge is 0.310 e. The van der Waals surface area contributed by atoms with E-state index in [2.05, 4.69) is 0 Å². The molecular weight excluding hydrogens is 170 g/mol. The Kier molecular flexibility index (Phi) is 5.11. The molecule has 1 atom stereocenters. The summed E-state index contributed by atoms with van der Waals surface area (Å²) in [7, 11) is 1.66. The molecule has 0 aliphatic heterocycles. The molecule has 0 heterocycles. The molecule has 0 spiro atoms. The fourth-order valence-corrected chi connectivity index (χ4v) is 0.898. The molecule has 0 fully saturated rings. The number of esters is 1. The average molecular weight is 187 g/mol. The van der Waals surface area contributed by atoms with E-state index in [4.69, 9.17) is 4.74 Å². The molecule has 0 aromatic carbocycles. The van der Waals surface area contributed by atoms with Crippen molar-refractivity contribution in [3.8, 4) is 0 Å². The number of nitrogens with zero attached hydrogens (tertiary/aromatic N) is 1. The zero-order valence-electron chi connectivity index (χ0n) is 8.66. The van der Waals surface area contributed by atoms with E-state index >= 15 is 0 Å². The van der Waals surface area contributed by atoms with Gasteiger partial charge in [0.2, 0.25) is 5.91 Å². The van der Waals surface area contributed by atoms with Crippen LogP contribution in [0.3, 0.4) is 0 Å². The van der Waals surface area contributed by atoms with Crippen molar-refractivity contribution in [2.75, 3.05) is 20.2 Å². The van der Waals surface area contributed by atoms with Crippen molar-refractivity contribution in [3.63, 3.8) is 0 Å². The molecule has 0 rings (SSSR count). The number of hydrogen-bond donors (Lipinski definition) is 0. The van der Waals surface area contributed by atoms with Gasteiger partial charge in [-0.3, -0.25) is 9.59 Å². The van der Waals surface area contributed by atoms with Crippen molar-refractivity contribution in [3.05, 3.63) is 0 Å². The summed E-state index contributed by atoms with van der Waals surface area (Å²) in [6.07, 6.45) is 0. The monoisotopic (exact) mass is 187 g/mol. The first-order valence-electron chi connectivity index (χ1n) is 4.37. The number of carbonyl (C=O) groups is 2. The van der Waals surface area contributed by atoms with Gasteiger partial charge in [-0.15, -0.1) is 0 Å². The van der Waals surface area contributed by atoms with Gasteiger partial charge < -0.3 is 9.64 Å². The summed E-state index contributed by atoms with van der Waals surface area (Å²) < 4.78 is 4.81. The van der Waals surface area contributed by atoms with Crippen LogP contribution in [0.5, 0.6) is 0 Å². The molecule has 4 heteroatoms. The van der Waals surface area contributed by atoms with Crippen molar-refractivity contribution in [2.24, 2.45) is 5.92 Å². The number of rotatable bonds is 4. The lowest BCUT2D eigenvalue weighted by atomic mass is 10.2. The molecule has 1 unspecified atom stereocenters. The third kappa shape index (κ3) is 4.50. The second kappa shape index (κ2) is 5.56. The SMILES string of the molecule is CCOC(=O)C(C)CN(C)C(C)=O. The molecule has 0 radical (unpaired) electrons. The van der Waals surface area contributed by atoms with Crippen LogP contribution >= 0.6 is 0 Å². The van der Waals surface area contributed by atoms with Crippen LogP contribution in [0.4, 0.5) is 0 Å². The van der Waals surface area contributed by atoms with E-state index in [1.807, 2.05) is 0 Å². The van der Waals surface area contributed by atoms with Gasteiger partial charge in [-0.25, -0.2) is 0 Å². The molecular formula is C9H17NO3. The molecule has 13 heavy (non-hydrogen) atoms. The first-order valence-corrected chi connectivity index (χ1v) is 4.37. The van der Waals surface area contributed by atoms with Crippen molar-refractivity contribution in [1.82, 2.24) is 4.90 Å². The quantitative estimate of drug-likeness (QED) is 0.607. The number of ether oxygens (including phenoxy) is 1. The van der Waals surface area contributed by atoms with Crippen molar-refractivity contribution >= 4 is 11.9 Å². The van der Waals surface area contributed by atoms with Gasteiger partial charge in [0, 0.05) is 20.5 Å². The Morgan fingerprint density at radius 3 is 2.38 bits per heavy atom. The van der Waals surface area contributed by atoms with Gasteiger partial charge in [-0.05, 0) is 6.92 Å². The van der Waals surface area contributed by atoms with E-state index in [0.717, 1.165) is 0 Å². The third-order valence-electron chi connectivity index (χ3n) is 1.77. The summed E-state index contributed by atoms with van der Waals surface area (Å²) in [5, 5.41) is 0. The Morgan fingerprint density at radius 1 is 1.46 bits per heavy atom. The Labute approximate surface area is 78.9 Å². The summed E-state index contributed by atoms with van der Waals surface area (Å²) in [4.78, 5) is 23.5. The topological polar surface area (TPSA) is 46.6 Å². The summed E-state index contributed by atoms with van der Waals surface area (Å²) >= 11 is 0. The molecule has 0 saturated heterocycles. The standard InChI is InChI=1S/C9H17NO3/c1-5-13-9(12)7(2)6-10(4)8(3)11/h7H,5-6H2,1-4H3. The molecule has 0 saturated carbocycles. The van der Waals surface area contributed by atoms with Gasteiger partial charge in [0.25, 0.3) is 0 Å². The summed E-state index contributed by atoms with van der Waals surface area (Å²) in [5.41, 5.74) is 0. The van der Waals surface area contributed by atoms with Crippen LogP contribution in [0.15, 0.2) is 0 Å². The Bertz CT molecular complexity index is 191.